The van der Waals surface area contributed by atoms with Crippen molar-refractivity contribution in [2.24, 2.45) is 0 Å². The van der Waals surface area contributed by atoms with E-state index < -0.39 is 0 Å². The molecule has 1 aliphatic carbocycles. The van der Waals surface area contributed by atoms with Crippen LogP contribution in [0.2, 0.25) is 0 Å². The van der Waals surface area contributed by atoms with Gasteiger partial charge in [-0.1, -0.05) is 85.6 Å². The van der Waals surface area contributed by atoms with E-state index in [1.54, 1.807) is 0 Å². The van der Waals surface area contributed by atoms with Crippen molar-refractivity contribution in [1.82, 2.24) is 19.9 Å². The van der Waals surface area contributed by atoms with Gasteiger partial charge < -0.3 is 19.4 Å². The molecule has 0 unspecified atom stereocenters. The molecule has 0 saturated heterocycles. The number of carbonyl (C=O) groups excluding carboxylic acids is 2. The third-order valence-corrected chi connectivity index (χ3v) is 10.9. The number of ether oxygens (including phenoxy) is 2. The normalized spacial score (nSPS) is 13.0. The molecule has 1 radical (unpaired) electrons. The Bertz CT molecular complexity index is 2420. The van der Waals surface area contributed by atoms with Gasteiger partial charge in [-0.25, -0.2) is 9.97 Å². The summed E-state index contributed by atoms with van der Waals surface area (Å²) in [5, 5.41) is 2.37. The molecular formula is C44H40CuN4O4. The van der Waals surface area contributed by atoms with Gasteiger partial charge in [-0.15, -0.1) is 22.1 Å². The van der Waals surface area contributed by atoms with Gasteiger partial charge in [0.15, 0.2) is 0 Å². The Hall–Kier alpha value is -5.24. The molecule has 271 valence electrons. The van der Waals surface area contributed by atoms with Crippen molar-refractivity contribution in [2.75, 3.05) is 14.2 Å². The third-order valence-electron chi connectivity index (χ3n) is 10.9. The summed E-state index contributed by atoms with van der Waals surface area (Å²) in [6, 6.07) is 21.2. The molecule has 53 heavy (non-hydrogen) atoms. The monoisotopic (exact) mass is 751 g/mol. The minimum atomic E-state index is -0.264. The molecule has 3 aromatic heterocycles. The number of allylic oxidation sites excluding steroid dienone is 4. The molecule has 0 amide bonds. The van der Waals surface area contributed by atoms with Crippen molar-refractivity contribution in [1.29, 1.82) is 0 Å². The second-order valence-corrected chi connectivity index (χ2v) is 13.6. The predicted octanol–water partition coefficient (Wildman–Crippen LogP) is 9.26. The van der Waals surface area contributed by atoms with Crippen LogP contribution < -0.4 is 9.97 Å². The molecule has 8 rings (SSSR count). The van der Waals surface area contributed by atoms with Gasteiger partial charge in [0.25, 0.3) is 0 Å². The van der Waals surface area contributed by atoms with Crippen LogP contribution in [-0.4, -0.2) is 36.1 Å². The number of fused-ring (bicyclic) bond motifs is 13. The third kappa shape index (κ3) is 6.02. The number of hydrogen-bond donors (Lipinski definition) is 0. The minimum absolute atomic E-state index is 0. The smallest absolute Gasteiger partial charge is 0.657 e. The number of hydrogen-bond acceptors (Lipinski definition) is 6. The zero-order valence-electron chi connectivity index (χ0n) is 30.7. The zero-order chi connectivity index (χ0) is 36.3. The molecule has 0 spiro atoms. The first kappa shape index (κ1) is 36.1. The Morgan fingerprint density at radius 1 is 0.623 bits per heavy atom. The quantitative estimate of drug-likeness (QED) is 0.112. The zero-order valence-corrected chi connectivity index (χ0v) is 31.7. The maximum Gasteiger partial charge on any atom is 2.00 e. The predicted molar refractivity (Wildman–Crippen MR) is 207 cm³/mol. The minimum Gasteiger partial charge on any atom is -0.657 e. The van der Waals surface area contributed by atoms with E-state index in [4.69, 9.17) is 29.4 Å². The van der Waals surface area contributed by atoms with E-state index in [2.05, 4.69) is 88.4 Å². The Labute approximate surface area is 319 Å². The van der Waals surface area contributed by atoms with Crippen LogP contribution in [0.4, 0.5) is 0 Å². The number of methoxy groups -OCH3 is 2. The largest absolute Gasteiger partial charge is 2.00 e. The average molecular weight is 752 g/mol. The van der Waals surface area contributed by atoms with E-state index in [-0.39, 0.29) is 41.8 Å². The van der Waals surface area contributed by atoms with E-state index in [0.29, 0.717) is 12.8 Å². The van der Waals surface area contributed by atoms with Gasteiger partial charge in [-0.05, 0) is 94.8 Å². The van der Waals surface area contributed by atoms with Gasteiger partial charge in [0.1, 0.15) is 0 Å². The number of carbonyl (C=O) groups is 2. The number of nitrogens with zero attached hydrogens (tertiary/aromatic N) is 4. The Morgan fingerprint density at radius 3 is 1.45 bits per heavy atom. The second kappa shape index (κ2) is 14.3. The van der Waals surface area contributed by atoms with E-state index in [1.807, 2.05) is 0 Å². The van der Waals surface area contributed by atoms with Crippen LogP contribution in [0.3, 0.4) is 0 Å². The van der Waals surface area contributed by atoms with Crippen LogP contribution in [0, 0.1) is 0 Å². The van der Waals surface area contributed by atoms with Crippen LogP contribution in [-0.2, 0) is 49.0 Å². The average Bonchev–Trinajstić information content (AvgIpc) is 3.92. The summed E-state index contributed by atoms with van der Waals surface area (Å²) in [6.07, 6.45) is 3.09. The SMILES string of the molecule is CCc1c(CC)c2cc3nc(cc4[n-]c(cc5nc(cc1[n-]2)C(C)=C5CCC(=O)OC)c1c4-c2cccc4cccc-1c24)C(CCC(=O)OC)=C3C.[Cu+2]. The standard InChI is InChI=1S/C44H40N4O4.Cu/c1-7-26-27(8-2)35-20-33-24(4)29(16-18-41(50)52-6)37(46-33)22-39-44-31-14-10-12-25-11-9-13-30(42(25)31)43(44)38(48-39)21-36-28(15-17-40(49)51-5)23(3)32(45-36)19-34(26)47-35;/h9-14,19-22H,7-8,15-18H2,1-6H3;/q-2;+2. The summed E-state index contributed by atoms with van der Waals surface area (Å²) in [5.74, 6) is -0.527. The van der Waals surface area contributed by atoms with Crippen molar-refractivity contribution >= 4 is 67.1 Å². The van der Waals surface area contributed by atoms with Crippen molar-refractivity contribution in [3.05, 3.63) is 94.6 Å². The Morgan fingerprint density at radius 2 is 1.04 bits per heavy atom. The topological polar surface area (TPSA) is 107 Å². The molecule has 5 aromatic rings. The number of benzene rings is 2. The Balaban J connectivity index is 0.00000435. The number of aromatic nitrogens is 4. The molecule has 8 bridgehead atoms. The first-order chi connectivity index (χ1) is 25.2. The van der Waals surface area contributed by atoms with Crippen LogP contribution in [0.1, 0.15) is 87.3 Å². The fourth-order valence-corrected chi connectivity index (χ4v) is 8.19. The summed E-state index contributed by atoms with van der Waals surface area (Å²) in [6.45, 7) is 8.47. The van der Waals surface area contributed by atoms with Crippen molar-refractivity contribution in [3.63, 3.8) is 0 Å². The van der Waals surface area contributed by atoms with E-state index in [0.717, 1.165) is 102 Å². The van der Waals surface area contributed by atoms with E-state index in [1.165, 1.54) is 36.1 Å². The summed E-state index contributed by atoms with van der Waals surface area (Å²) in [4.78, 5) is 45.8. The van der Waals surface area contributed by atoms with Crippen molar-refractivity contribution < 1.29 is 36.1 Å². The van der Waals surface area contributed by atoms with Gasteiger partial charge in [0.05, 0.1) is 37.0 Å². The van der Waals surface area contributed by atoms with Crippen molar-refractivity contribution in [2.45, 2.75) is 66.2 Å². The van der Waals surface area contributed by atoms with E-state index in [9.17, 15) is 9.59 Å². The van der Waals surface area contributed by atoms with Crippen LogP contribution in [0.5, 0.6) is 0 Å². The van der Waals surface area contributed by atoms with Crippen LogP contribution >= 0.6 is 0 Å². The molecule has 0 atom stereocenters. The van der Waals surface area contributed by atoms with Gasteiger partial charge in [-0.3, -0.25) is 9.59 Å². The molecule has 2 aliphatic heterocycles. The molecule has 0 fully saturated rings. The molecule has 8 nitrogen and oxygen atoms in total. The molecule has 9 heteroatoms. The van der Waals surface area contributed by atoms with Crippen molar-refractivity contribution in [3.8, 4) is 22.3 Å². The molecule has 2 aromatic carbocycles. The Kier molecular flexibility index (Phi) is 9.75. The molecule has 0 N–H and O–H groups in total. The van der Waals surface area contributed by atoms with Gasteiger partial charge in [0, 0.05) is 12.8 Å². The molecule has 5 heterocycles. The fourth-order valence-electron chi connectivity index (χ4n) is 8.19. The van der Waals surface area contributed by atoms with Gasteiger partial charge in [-0.2, -0.15) is 0 Å². The van der Waals surface area contributed by atoms with Crippen LogP contribution in [0.25, 0.3) is 77.4 Å². The van der Waals surface area contributed by atoms with Gasteiger partial charge >= 0.3 is 29.0 Å². The first-order valence-corrected chi connectivity index (χ1v) is 18.0. The maximum atomic E-state index is 12.4. The van der Waals surface area contributed by atoms with Gasteiger partial charge in [0.2, 0.25) is 0 Å². The molecular weight excluding hydrogens is 712 g/mol. The summed E-state index contributed by atoms with van der Waals surface area (Å²) >= 11 is 0. The number of esters is 2. The summed E-state index contributed by atoms with van der Waals surface area (Å²) < 4.78 is 10.1. The van der Waals surface area contributed by atoms with E-state index >= 15 is 0 Å². The molecule has 0 saturated carbocycles. The second-order valence-electron chi connectivity index (χ2n) is 13.6. The maximum absolute atomic E-state index is 12.4. The first-order valence-electron chi connectivity index (χ1n) is 18.0. The van der Waals surface area contributed by atoms with Crippen LogP contribution in [0.15, 0.2) is 60.7 Å². The molecule has 3 aliphatic rings. The number of rotatable bonds is 8. The number of aryl methyl sites for hydroxylation is 2. The summed E-state index contributed by atoms with van der Waals surface area (Å²) in [5.41, 5.74) is 17.4. The fraction of sp³-hybridized carbons (Fsp3) is 0.273. The summed E-state index contributed by atoms with van der Waals surface area (Å²) in [7, 11) is 2.84.